The molecule has 1 fully saturated rings. The van der Waals surface area contributed by atoms with Crippen molar-refractivity contribution >= 4 is 44.9 Å². The molecule has 1 amide bonds. The largest absolute Gasteiger partial charge is 0.368 e. The fourth-order valence-corrected chi connectivity index (χ4v) is 3.98. The van der Waals surface area contributed by atoms with Crippen LogP contribution in [-0.4, -0.2) is 28.5 Å². The Kier molecular flexibility index (Phi) is 3.99. The quantitative estimate of drug-likeness (QED) is 0.881. The van der Waals surface area contributed by atoms with Crippen LogP contribution < -0.4 is 10.6 Å². The number of thiophene rings is 1. The van der Waals surface area contributed by atoms with E-state index in [-0.39, 0.29) is 17.2 Å². The Morgan fingerprint density at radius 3 is 3.05 bits per heavy atom. The van der Waals surface area contributed by atoms with Gasteiger partial charge in [0.1, 0.15) is 16.7 Å². The van der Waals surface area contributed by atoms with E-state index >= 15 is 0 Å². The first kappa shape index (κ1) is 14.5. The number of fused-ring (bicyclic) bond motifs is 1. The highest BCUT2D eigenvalue weighted by Crippen LogP contribution is 2.34. The topological polar surface area (TPSA) is 72.1 Å². The molecular weight excluding hydrogens is 308 g/mol. The second-order valence-corrected chi connectivity index (χ2v) is 6.66. The van der Waals surface area contributed by atoms with E-state index in [1.807, 2.05) is 4.90 Å². The van der Waals surface area contributed by atoms with Crippen molar-refractivity contribution in [3.05, 3.63) is 16.2 Å². The molecule has 2 aromatic heterocycles. The molecule has 0 saturated carbocycles. The van der Waals surface area contributed by atoms with Gasteiger partial charge in [-0.3, -0.25) is 4.79 Å². The third kappa shape index (κ3) is 2.70. The highest BCUT2D eigenvalue weighted by molar-refractivity contribution is 7.18. The van der Waals surface area contributed by atoms with E-state index in [2.05, 4.69) is 23.0 Å². The van der Waals surface area contributed by atoms with Gasteiger partial charge in [0.05, 0.1) is 5.39 Å². The molecule has 1 aliphatic rings. The van der Waals surface area contributed by atoms with E-state index < -0.39 is 0 Å². The molecule has 0 aliphatic carbocycles. The van der Waals surface area contributed by atoms with Gasteiger partial charge in [0.25, 0.3) is 0 Å². The zero-order valence-electron chi connectivity index (χ0n) is 11.8. The molecule has 7 heteroatoms. The normalized spacial score (nSPS) is 19.1. The van der Waals surface area contributed by atoms with Gasteiger partial charge >= 0.3 is 0 Å². The molecule has 1 saturated heterocycles. The van der Waals surface area contributed by atoms with Crippen LogP contribution in [-0.2, 0) is 11.2 Å². The second-order valence-electron chi connectivity index (χ2n) is 5.21. The third-order valence-corrected chi connectivity index (χ3v) is 5.19. The lowest BCUT2D eigenvalue weighted by atomic mass is 10.0. The molecule has 21 heavy (non-hydrogen) atoms. The van der Waals surface area contributed by atoms with E-state index in [0.717, 1.165) is 48.3 Å². The summed E-state index contributed by atoms with van der Waals surface area (Å²) in [7, 11) is 0. The number of rotatable bonds is 3. The second kappa shape index (κ2) is 5.77. The van der Waals surface area contributed by atoms with Gasteiger partial charge in [-0.25, -0.2) is 4.98 Å². The highest BCUT2D eigenvalue weighted by atomic mass is 35.5. The summed E-state index contributed by atoms with van der Waals surface area (Å²) in [6.07, 6.45) is 3.74. The Labute approximate surface area is 132 Å². The predicted octanol–water partition coefficient (Wildman–Crippen LogP) is 2.75. The van der Waals surface area contributed by atoms with Crippen LogP contribution in [0.3, 0.4) is 0 Å². The molecule has 0 bridgehead atoms. The number of carbonyl (C=O) groups excluding carboxylic acids is 1. The number of nitrogens with zero attached hydrogens (tertiary/aromatic N) is 3. The van der Waals surface area contributed by atoms with Crippen LogP contribution in [0.2, 0.25) is 5.28 Å². The maximum atomic E-state index is 11.7. The molecule has 1 unspecified atom stereocenters. The average molecular weight is 325 g/mol. The Hall–Kier alpha value is -1.40. The zero-order chi connectivity index (χ0) is 15.0. The van der Waals surface area contributed by atoms with Gasteiger partial charge in [-0.15, -0.1) is 11.3 Å². The number of aromatic nitrogens is 2. The molecule has 5 nitrogen and oxygen atoms in total. The fourth-order valence-electron chi connectivity index (χ4n) is 2.81. The minimum Gasteiger partial charge on any atom is -0.368 e. The van der Waals surface area contributed by atoms with Crippen molar-refractivity contribution in [3.63, 3.8) is 0 Å². The van der Waals surface area contributed by atoms with E-state index in [1.54, 1.807) is 11.3 Å². The van der Waals surface area contributed by atoms with Crippen molar-refractivity contribution in [2.24, 2.45) is 5.73 Å². The van der Waals surface area contributed by atoms with Gasteiger partial charge in [0.15, 0.2) is 0 Å². The number of anilines is 1. The molecular formula is C14H17ClN4OS. The maximum absolute atomic E-state index is 11.7. The number of hydrogen-bond acceptors (Lipinski definition) is 5. The predicted molar refractivity (Wildman–Crippen MR) is 86.0 cm³/mol. The monoisotopic (exact) mass is 324 g/mol. The summed E-state index contributed by atoms with van der Waals surface area (Å²) in [5.74, 6) is 0.438. The van der Waals surface area contributed by atoms with Crippen LogP contribution in [0.4, 0.5) is 5.82 Å². The lowest BCUT2D eigenvalue weighted by Crippen LogP contribution is -2.48. The number of hydrogen-bond donors (Lipinski definition) is 1. The Morgan fingerprint density at radius 2 is 2.33 bits per heavy atom. The van der Waals surface area contributed by atoms with E-state index in [1.165, 1.54) is 4.88 Å². The number of amides is 1. The van der Waals surface area contributed by atoms with Crippen molar-refractivity contribution in [2.75, 3.05) is 11.4 Å². The van der Waals surface area contributed by atoms with Crippen LogP contribution in [0.1, 0.15) is 31.1 Å². The Bertz CT molecular complexity index is 687. The van der Waals surface area contributed by atoms with Crippen molar-refractivity contribution in [3.8, 4) is 0 Å². The molecule has 1 aliphatic heterocycles. The Morgan fingerprint density at radius 1 is 1.52 bits per heavy atom. The van der Waals surface area contributed by atoms with Gasteiger partial charge in [-0.05, 0) is 43.4 Å². The summed E-state index contributed by atoms with van der Waals surface area (Å²) in [5, 5.41) is 1.19. The standard InChI is InChI=1S/C14H17ClN4OS/c1-2-8-7-9-12(17-14(15)18-13(9)21-8)19-6-4-3-5-10(19)11(16)20/h7,10H,2-6H2,1H3,(H2,16,20). The minimum atomic E-state index is -0.308. The lowest BCUT2D eigenvalue weighted by molar-refractivity contribution is -0.119. The molecule has 0 radical (unpaired) electrons. The van der Waals surface area contributed by atoms with Gasteiger partial charge in [0.2, 0.25) is 11.2 Å². The van der Waals surface area contributed by atoms with Crippen LogP contribution >= 0.6 is 22.9 Å². The first-order valence-electron chi connectivity index (χ1n) is 7.12. The van der Waals surface area contributed by atoms with Crippen LogP contribution in [0.25, 0.3) is 10.2 Å². The Balaban J connectivity index is 2.13. The van der Waals surface area contributed by atoms with Gasteiger partial charge in [-0.2, -0.15) is 4.98 Å². The molecule has 1 atom stereocenters. The molecule has 2 aromatic rings. The number of aryl methyl sites for hydroxylation is 1. The van der Waals surface area contributed by atoms with Crippen LogP contribution in [0, 0.1) is 0 Å². The number of carbonyl (C=O) groups is 1. The summed E-state index contributed by atoms with van der Waals surface area (Å²) in [4.78, 5) is 24.5. The van der Waals surface area contributed by atoms with Crippen molar-refractivity contribution < 1.29 is 4.79 Å². The number of halogens is 1. The minimum absolute atomic E-state index is 0.218. The zero-order valence-corrected chi connectivity index (χ0v) is 13.4. The molecule has 112 valence electrons. The number of primary amides is 1. The fraction of sp³-hybridized carbons (Fsp3) is 0.500. The van der Waals surface area contributed by atoms with Crippen LogP contribution in [0.15, 0.2) is 6.07 Å². The molecule has 2 N–H and O–H groups in total. The lowest BCUT2D eigenvalue weighted by Gasteiger charge is -2.34. The summed E-state index contributed by atoms with van der Waals surface area (Å²) in [6.45, 7) is 2.87. The summed E-state index contributed by atoms with van der Waals surface area (Å²) in [6, 6.07) is 1.79. The smallest absolute Gasteiger partial charge is 0.240 e. The van der Waals surface area contributed by atoms with Crippen molar-refractivity contribution in [1.82, 2.24) is 9.97 Å². The van der Waals surface area contributed by atoms with Gasteiger partial charge < -0.3 is 10.6 Å². The van der Waals surface area contributed by atoms with Gasteiger partial charge in [-0.1, -0.05) is 6.92 Å². The first-order valence-corrected chi connectivity index (χ1v) is 8.31. The number of piperidine rings is 1. The summed E-state index contributed by atoms with van der Waals surface area (Å²) in [5.41, 5.74) is 5.55. The number of nitrogens with two attached hydrogens (primary N) is 1. The average Bonchev–Trinajstić information content (AvgIpc) is 2.89. The molecule has 3 heterocycles. The summed E-state index contributed by atoms with van der Waals surface area (Å²) >= 11 is 7.69. The SMILES string of the molecule is CCc1cc2c(N3CCCCC3C(N)=O)nc(Cl)nc2s1. The summed E-state index contributed by atoms with van der Waals surface area (Å²) < 4.78 is 0. The third-order valence-electron chi connectivity index (χ3n) is 3.85. The first-order chi connectivity index (χ1) is 10.1. The maximum Gasteiger partial charge on any atom is 0.240 e. The van der Waals surface area contributed by atoms with E-state index in [0.29, 0.717) is 0 Å². The van der Waals surface area contributed by atoms with Gasteiger partial charge in [0, 0.05) is 11.4 Å². The van der Waals surface area contributed by atoms with Crippen molar-refractivity contribution in [1.29, 1.82) is 0 Å². The molecule has 3 rings (SSSR count). The van der Waals surface area contributed by atoms with Crippen molar-refractivity contribution in [2.45, 2.75) is 38.6 Å². The molecule has 0 spiro atoms. The highest BCUT2D eigenvalue weighted by Gasteiger charge is 2.30. The van der Waals surface area contributed by atoms with E-state index in [9.17, 15) is 4.79 Å². The van der Waals surface area contributed by atoms with E-state index in [4.69, 9.17) is 17.3 Å². The molecule has 0 aromatic carbocycles. The van der Waals surface area contributed by atoms with Crippen LogP contribution in [0.5, 0.6) is 0 Å².